The number of ether oxygens (including phenoxy) is 1. The molecule has 3 heterocycles. The van der Waals surface area contributed by atoms with Crippen LogP contribution in [0.5, 0.6) is 0 Å². The van der Waals surface area contributed by atoms with Gasteiger partial charge in [-0.2, -0.15) is 0 Å². The van der Waals surface area contributed by atoms with Gasteiger partial charge in [0.05, 0.1) is 13.2 Å². The minimum absolute atomic E-state index is 0.00216. The van der Waals surface area contributed by atoms with Crippen molar-refractivity contribution in [1.82, 2.24) is 19.8 Å². The Labute approximate surface area is 178 Å². The first-order valence-corrected chi connectivity index (χ1v) is 11.1. The van der Waals surface area contributed by atoms with Crippen LogP contribution in [0.3, 0.4) is 0 Å². The zero-order chi connectivity index (χ0) is 23.4. The molecule has 0 saturated carbocycles. The van der Waals surface area contributed by atoms with Crippen LogP contribution in [-0.2, 0) is 13.8 Å². The van der Waals surface area contributed by atoms with Crippen LogP contribution in [0.1, 0.15) is 32.6 Å². The first-order chi connectivity index (χ1) is 14.2. The molecule has 174 valence electrons. The zero-order valence-corrected chi connectivity index (χ0v) is 18.8. The molecule has 4 atom stereocenters. The van der Waals surface area contributed by atoms with E-state index in [0.29, 0.717) is 5.96 Å². The van der Waals surface area contributed by atoms with Gasteiger partial charge in [-0.05, 0) is 27.7 Å². The number of aliphatic hydroxyl groups excluding tert-OH is 1. The van der Waals surface area contributed by atoms with Crippen LogP contribution in [0.25, 0.3) is 0 Å². The summed E-state index contributed by atoms with van der Waals surface area (Å²) < 4.78 is 23.1. The molecule has 2 fully saturated rings. The second-order valence-corrected chi connectivity index (χ2v) is 10.0. The lowest BCUT2D eigenvalue weighted by Gasteiger charge is -2.40. The van der Waals surface area contributed by atoms with E-state index in [1.165, 1.54) is 13.1 Å². The molecule has 0 amide bonds. The summed E-state index contributed by atoms with van der Waals surface area (Å²) in [7, 11) is -3.30. The fourth-order valence-electron chi connectivity index (χ4n) is 3.86. The van der Waals surface area contributed by atoms with Crippen molar-refractivity contribution >= 4 is 13.8 Å². The third kappa shape index (κ3) is 4.61. The number of likely N-dealkylation sites (tertiary alicyclic amines) is 1. The number of nitrogens with one attached hydrogen (secondary N) is 2. The number of aliphatic hydroxyl groups is 1. The molecule has 0 spiro atoms. The number of aromatic amines is 1. The average molecular weight is 461 g/mol. The molecule has 0 aromatic carbocycles. The molecule has 14 heteroatoms. The van der Waals surface area contributed by atoms with Crippen molar-refractivity contribution in [1.29, 1.82) is 0 Å². The normalized spacial score (nSPS) is 29.0. The summed E-state index contributed by atoms with van der Waals surface area (Å²) in [6.07, 6.45) is -1.04. The highest BCUT2D eigenvalue weighted by Crippen LogP contribution is 2.49. The monoisotopic (exact) mass is 461 g/mol. The highest BCUT2D eigenvalue weighted by molar-refractivity contribution is 7.46. The molecule has 13 nitrogen and oxygen atoms in total. The smallest absolute Gasteiger partial charge is 0.388 e. The number of aromatic nitrogens is 2. The molecule has 0 unspecified atom stereocenters. The lowest BCUT2D eigenvalue weighted by atomic mass is 10.0. The Morgan fingerprint density at radius 1 is 1.45 bits per heavy atom. The van der Waals surface area contributed by atoms with E-state index >= 15 is 0 Å². The Bertz CT molecular complexity index is 1040. The number of guanidine groups is 1. The minimum Gasteiger partial charge on any atom is -0.388 e. The van der Waals surface area contributed by atoms with Crippen molar-refractivity contribution < 1.29 is 28.7 Å². The van der Waals surface area contributed by atoms with Crippen LogP contribution in [0, 0.1) is 6.92 Å². The van der Waals surface area contributed by atoms with Gasteiger partial charge in [-0.25, -0.2) is 9.36 Å². The van der Waals surface area contributed by atoms with Gasteiger partial charge >= 0.3 is 13.5 Å². The van der Waals surface area contributed by atoms with Gasteiger partial charge in [0.15, 0.2) is 12.2 Å². The first-order valence-electron chi connectivity index (χ1n) is 9.57. The van der Waals surface area contributed by atoms with Gasteiger partial charge in [-0.3, -0.25) is 23.9 Å². The van der Waals surface area contributed by atoms with Gasteiger partial charge in [0.25, 0.3) is 5.56 Å². The highest BCUT2D eigenvalue weighted by atomic mass is 31.2. The molecular formula is C17H28N5O8P. The quantitative estimate of drug-likeness (QED) is 0.204. The van der Waals surface area contributed by atoms with Gasteiger partial charge in [-0.15, -0.1) is 0 Å². The van der Waals surface area contributed by atoms with Crippen molar-refractivity contribution in [2.75, 3.05) is 20.2 Å². The van der Waals surface area contributed by atoms with Crippen LogP contribution in [0.15, 0.2) is 20.8 Å². The van der Waals surface area contributed by atoms with E-state index in [1.54, 1.807) is 11.9 Å². The topological polar surface area (TPSA) is 179 Å². The molecular weight excluding hydrogens is 433 g/mol. The Morgan fingerprint density at radius 3 is 2.65 bits per heavy atom. The van der Waals surface area contributed by atoms with E-state index in [4.69, 9.17) is 14.5 Å². The maximum atomic E-state index is 12.5. The number of aryl methyl sites for hydroxylation is 1. The van der Waals surface area contributed by atoms with Crippen LogP contribution in [0.4, 0.5) is 0 Å². The Morgan fingerprint density at radius 2 is 2.10 bits per heavy atom. The number of nitrogens with zero attached hydrogens (tertiary/aromatic N) is 3. The van der Waals surface area contributed by atoms with Crippen molar-refractivity contribution in [3.8, 4) is 0 Å². The number of rotatable bonds is 4. The Kier molecular flexibility index (Phi) is 5.98. The SMILES string of the molecule is CN=C(NC(C)(C)C)N1C[C@]2(COP(=O)(O)O)O[C@@H](n3cc(C)c(=O)[nH]c3=O)[C@H]1[C@@H]2O. The number of fused-ring (bicyclic) bond motifs is 2. The lowest BCUT2D eigenvalue weighted by Crippen LogP contribution is -2.57. The van der Waals surface area contributed by atoms with E-state index in [2.05, 4.69) is 19.8 Å². The number of H-pyrrole nitrogens is 1. The van der Waals surface area contributed by atoms with Crippen LogP contribution < -0.4 is 16.6 Å². The number of phosphoric acid groups is 1. The Balaban J connectivity index is 2.06. The number of hydrogen-bond acceptors (Lipinski definition) is 7. The lowest BCUT2D eigenvalue weighted by molar-refractivity contribution is -0.144. The molecule has 31 heavy (non-hydrogen) atoms. The van der Waals surface area contributed by atoms with E-state index in [0.717, 1.165) is 4.57 Å². The van der Waals surface area contributed by atoms with E-state index < -0.39 is 49.7 Å². The molecule has 0 aliphatic carbocycles. The van der Waals surface area contributed by atoms with E-state index in [1.807, 2.05) is 20.8 Å². The van der Waals surface area contributed by atoms with Crippen LogP contribution >= 0.6 is 7.82 Å². The summed E-state index contributed by atoms with van der Waals surface area (Å²) >= 11 is 0. The molecule has 5 N–H and O–H groups in total. The molecule has 2 aliphatic heterocycles. The fraction of sp³-hybridized carbons (Fsp3) is 0.706. The second-order valence-electron chi connectivity index (χ2n) is 8.80. The highest BCUT2D eigenvalue weighted by Gasteiger charge is 2.65. The van der Waals surface area contributed by atoms with Crippen molar-refractivity contribution in [2.24, 2.45) is 4.99 Å². The summed E-state index contributed by atoms with van der Waals surface area (Å²) in [4.78, 5) is 50.7. The molecule has 2 bridgehead atoms. The third-order valence-electron chi connectivity index (χ3n) is 5.18. The summed E-state index contributed by atoms with van der Waals surface area (Å²) in [5.41, 5.74) is -2.98. The molecule has 1 aromatic heterocycles. The van der Waals surface area contributed by atoms with Gasteiger partial charge in [0.1, 0.15) is 17.7 Å². The average Bonchev–Trinajstić information content (AvgIpc) is 3.07. The van der Waals surface area contributed by atoms with Gasteiger partial charge in [0, 0.05) is 24.3 Å². The minimum atomic E-state index is -4.85. The predicted octanol–water partition coefficient (Wildman–Crippen LogP) is -1.36. The first kappa shape index (κ1) is 23.6. The van der Waals surface area contributed by atoms with Gasteiger partial charge in [-0.1, -0.05) is 0 Å². The summed E-state index contributed by atoms with van der Waals surface area (Å²) in [6, 6.07) is -0.850. The molecule has 0 radical (unpaired) electrons. The number of morpholine rings is 1. The zero-order valence-electron chi connectivity index (χ0n) is 17.9. The maximum Gasteiger partial charge on any atom is 0.469 e. The largest absolute Gasteiger partial charge is 0.469 e. The number of hydrogen-bond donors (Lipinski definition) is 5. The van der Waals surface area contributed by atoms with Crippen molar-refractivity contribution in [3.63, 3.8) is 0 Å². The molecule has 1 aromatic rings. The van der Waals surface area contributed by atoms with Crippen molar-refractivity contribution in [2.45, 2.75) is 57.2 Å². The van der Waals surface area contributed by atoms with Crippen LogP contribution in [-0.4, -0.2) is 78.8 Å². The Hall–Kier alpha value is -2.02. The van der Waals surface area contributed by atoms with E-state index in [9.17, 15) is 19.3 Å². The molecule has 2 aliphatic rings. The third-order valence-corrected chi connectivity index (χ3v) is 5.64. The van der Waals surface area contributed by atoms with Gasteiger partial charge in [0.2, 0.25) is 0 Å². The standard InChI is InChI=1S/C17H28N5O8P/c1-9-6-21(15(25)19-12(9)24)13-10-11(23)17(30-13,8-29-31(26,27)28)7-22(10)14(18-5)20-16(2,3)4/h6,10-11,13,23H,7-8H2,1-5H3,(H,18,20)(H,19,24,25)(H2,26,27,28)/t10-,11+,13-,17-/m1/s1. The van der Waals surface area contributed by atoms with Crippen molar-refractivity contribution in [3.05, 3.63) is 32.6 Å². The molecule has 3 rings (SSSR count). The summed E-state index contributed by atoms with van der Waals surface area (Å²) in [6.45, 7) is 6.65. The van der Waals surface area contributed by atoms with Gasteiger partial charge < -0.3 is 29.8 Å². The second kappa shape index (κ2) is 7.84. The fourth-order valence-corrected chi connectivity index (χ4v) is 4.25. The summed E-state index contributed by atoms with van der Waals surface area (Å²) in [5.74, 6) is 0.400. The maximum absolute atomic E-state index is 12.5. The van der Waals surface area contributed by atoms with Crippen LogP contribution in [0.2, 0.25) is 0 Å². The number of phosphoric ester groups is 1. The number of aliphatic imine (C=N–C) groups is 1. The summed E-state index contributed by atoms with van der Waals surface area (Å²) in [5, 5.41) is 14.3. The predicted molar refractivity (Wildman–Crippen MR) is 110 cm³/mol. The molecule has 2 saturated heterocycles. The van der Waals surface area contributed by atoms with E-state index in [-0.39, 0.29) is 17.6 Å².